The van der Waals surface area contributed by atoms with Gasteiger partial charge in [0, 0.05) is 18.0 Å². The average molecular weight is 505 g/mol. The summed E-state index contributed by atoms with van der Waals surface area (Å²) in [6, 6.07) is 5.38. The molecule has 3 heterocycles. The van der Waals surface area contributed by atoms with Crippen molar-refractivity contribution in [2.45, 2.75) is 45.1 Å². The lowest BCUT2D eigenvalue weighted by molar-refractivity contribution is -0.116. The van der Waals surface area contributed by atoms with Crippen molar-refractivity contribution < 1.29 is 17.9 Å². The standard InChI is InChI=1S/C23H28N4O5S2/c1-14-7-9-27(10-8-14)34(30,31)21-16(3)33-22-20(21)23(29)26(13-24-22)12-19(28)25-17-11-15(2)5-6-18(17)32-4/h5-6,11,13-14H,7-10,12H2,1-4H3,(H,25,28). The lowest BCUT2D eigenvalue weighted by Crippen LogP contribution is -2.38. The number of amides is 1. The monoisotopic (exact) mass is 504 g/mol. The first-order valence-electron chi connectivity index (χ1n) is 11.0. The third-order valence-corrected chi connectivity index (χ3v) is 9.30. The molecule has 0 atom stereocenters. The molecule has 0 saturated carbocycles. The van der Waals surface area contributed by atoms with Crippen LogP contribution in [0.1, 0.15) is 30.2 Å². The van der Waals surface area contributed by atoms with E-state index in [2.05, 4.69) is 17.2 Å². The van der Waals surface area contributed by atoms with Crippen molar-refractivity contribution in [3.63, 3.8) is 0 Å². The van der Waals surface area contributed by atoms with Crippen LogP contribution in [0.5, 0.6) is 5.75 Å². The number of benzene rings is 1. The van der Waals surface area contributed by atoms with Crippen molar-refractivity contribution >= 4 is 43.2 Å². The highest BCUT2D eigenvalue weighted by Gasteiger charge is 2.33. The van der Waals surface area contributed by atoms with Crippen molar-refractivity contribution in [1.29, 1.82) is 0 Å². The number of thiophene rings is 1. The second kappa shape index (κ2) is 9.47. The van der Waals surface area contributed by atoms with Gasteiger partial charge in [0.05, 0.1) is 24.5 Å². The number of aryl methyl sites for hydroxylation is 2. The second-order valence-electron chi connectivity index (χ2n) is 8.68. The van der Waals surface area contributed by atoms with Crippen LogP contribution in [0.25, 0.3) is 10.2 Å². The van der Waals surface area contributed by atoms with Crippen LogP contribution < -0.4 is 15.6 Å². The first kappa shape index (κ1) is 24.4. The predicted octanol–water partition coefficient (Wildman–Crippen LogP) is 3.14. The lowest BCUT2D eigenvalue weighted by atomic mass is 10.0. The maximum absolute atomic E-state index is 13.5. The van der Waals surface area contributed by atoms with Gasteiger partial charge in [-0.15, -0.1) is 11.3 Å². The lowest BCUT2D eigenvalue weighted by Gasteiger charge is -2.29. The molecule has 4 rings (SSSR count). The minimum absolute atomic E-state index is 0.00895. The smallest absolute Gasteiger partial charge is 0.263 e. The van der Waals surface area contributed by atoms with Crippen molar-refractivity contribution in [1.82, 2.24) is 13.9 Å². The van der Waals surface area contributed by atoms with Gasteiger partial charge in [-0.3, -0.25) is 14.2 Å². The number of rotatable bonds is 6. The van der Waals surface area contributed by atoms with Gasteiger partial charge in [0.25, 0.3) is 5.56 Å². The molecule has 9 nitrogen and oxygen atoms in total. The van der Waals surface area contributed by atoms with Gasteiger partial charge in [-0.25, -0.2) is 13.4 Å². The molecule has 0 unspecified atom stereocenters. The van der Waals surface area contributed by atoms with Gasteiger partial charge < -0.3 is 10.1 Å². The molecule has 11 heteroatoms. The Kier molecular flexibility index (Phi) is 6.79. The minimum atomic E-state index is -3.86. The van der Waals surface area contributed by atoms with Crippen molar-refractivity contribution in [2.24, 2.45) is 5.92 Å². The van der Waals surface area contributed by atoms with E-state index in [-0.39, 0.29) is 16.8 Å². The Morgan fingerprint density at radius 3 is 2.65 bits per heavy atom. The van der Waals surface area contributed by atoms with Crippen LogP contribution in [0, 0.1) is 19.8 Å². The molecule has 1 amide bonds. The summed E-state index contributed by atoms with van der Waals surface area (Å²) in [5, 5.41) is 2.80. The number of ether oxygens (including phenoxy) is 1. The Hall–Kier alpha value is -2.76. The van der Waals surface area contributed by atoms with E-state index in [1.165, 1.54) is 29.1 Å². The summed E-state index contributed by atoms with van der Waals surface area (Å²) in [6.07, 6.45) is 2.85. The van der Waals surface area contributed by atoms with E-state index in [1.807, 2.05) is 13.0 Å². The van der Waals surface area contributed by atoms with E-state index in [0.717, 1.165) is 23.0 Å². The number of fused-ring (bicyclic) bond motifs is 1. The van der Waals surface area contributed by atoms with Crippen molar-refractivity contribution in [3.8, 4) is 5.75 Å². The summed E-state index contributed by atoms with van der Waals surface area (Å²) >= 11 is 1.17. The highest BCUT2D eigenvalue weighted by molar-refractivity contribution is 7.89. The number of methoxy groups -OCH3 is 1. The third-order valence-electron chi connectivity index (χ3n) is 6.08. The van der Waals surface area contributed by atoms with E-state index in [9.17, 15) is 18.0 Å². The van der Waals surface area contributed by atoms with Crippen LogP contribution >= 0.6 is 11.3 Å². The molecular weight excluding hydrogens is 476 g/mol. The summed E-state index contributed by atoms with van der Waals surface area (Å²) in [5.74, 6) is 0.516. The molecule has 0 radical (unpaired) electrons. The van der Waals surface area contributed by atoms with E-state index in [4.69, 9.17) is 4.74 Å². The number of piperidine rings is 1. The van der Waals surface area contributed by atoms with Gasteiger partial charge in [-0.2, -0.15) is 4.31 Å². The number of nitrogens with zero attached hydrogens (tertiary/aromatic N) is 3. The van der Waals surface area contributed by atoms with Crippen molar-refractivity contribution in [2.75, 3.05) is 25.5 Å². The summed E-state index contributed by atoms with van der Waals surface area (Å²) in [5.41, 5.74) is 0.875. The highest BCUT2D eigenvalue weighted by Crippen LogP contribution is 2.34. The Morgan fingerprint density at radius 1 is 1.26 bits per heavy atom. The number of nitrogens with one attached hydrogen (secondary N) is 1. The van der Waals surface area contributed by atoms with Gasteiger partial charge in [0.15, 0.2) is 0 Å². The normalized spacial score (nSPS) is 15.5. The number of carbonyl (C=O) groups is 1. The summed E-state index contributed by atoms with van der Waals surface area (Å²) in [4.78, 5) is 31.3. The number of aromatic nitrogens is 2. The number of sulfonamides is 1. The fourth-order valence-corrected chi connectivity index (χ4v) is 7.29. The first-order valence-corrected chi connectivity index (χ1v) is 13.3. The largest absolute Gasteiger partial charge is 0.495 e. The van der Waals surface area contributed by atoms with E-state index < -0.39 is 21.5 Å². The molecule has 0 bridgehead atoms. The quantitative estimate of drug-likeness (QED) is 0.552. The van der Waals surface area contributed by atoms with Gasteiger partial charge in [0.1, 0.15) is 22.0 Å². The molecule has 182 valence electrons. The third kappa shape index (κ3) is 4.59. The molecule has 2 aromatic heterocycles. The summed E-state index contributed by atoms with van der Waals surface area (Å²) in [6.45, 7) is 6.22. The fourth-order valence-electron chi connectivity index (χ4n) is 4.15. The van der Waals surface area contributed by atoms with Crippen LogP contribution in [0.15, 0.2) is 34.2 Å². The fraction of sp³-hybridized carbons (Fsp3) is 0.435. The molecular formula is C23H28N4O5S2. The maximum Gasteiger partial charge on any atom is 0.263 e. The number of hydrogen-bond donors (Lipinski definition) is 1. The Labute approximate surface area is 202 Å². The maximum atomic E-state index is 13.5. The molecule has 1 fully saturated rings. The van der Waals surface area contributed by atoms with Gasteiger partial charge in [0.2, 0.25) is 15.9 Å². The molecule has 1 saturated heterocycles. The number of hydrogen-bond acceptors (Lipinski definition) is 7. The van der Waals surface area contributed by atoms with Gasteiger partial charge in [-0.05, 0) is 50.3 Å². The Morgan fingerprint density at radius 2 is 1.97 bits per heavy atom. The SMILES string of the molecule is COc1ccc(C)cc1NC(=O)Cn1cnc2sc(C)c(S(=O)(=O)N3CCC(C)CC3)c2c1=O. The van der Waals surface area contributed by atoms with Crippen LogP contribution in [0.3, 0.4) is 0 Å². The Balaban J connectivity index is 1.67. The molecule has 1 aromatic carbocycles. The predicted molar refractivity (Wildman–Crippen MR) is 132 cm³/mol. The van der Waals surface area contributed by atoms with Gasteiger partial charge in [-0.1, -0.05) is 13.0 Å². The molecule has 3 aromatic rings. The van der Waals surface area contributed by atoms with E-state index in [0.29, 0.717) is 40.2 Å². The first-order chi connectivity index (χ1) is 16.1. The molecule has 1 N–H and O–H groups in total. The zero-order valence-corrected chi connectivity index (χ0v) is 21.3. The van der Waals surface area contributed by atoms with Crippen LogP contribution in [0.4, 0.5) is 5.69 Å². The zero-order valence-electron chi connectivity index (χ0n) is 19.6. The average Bonchev–Trinajstić information content (AvgIpc) is 3.13. The minimum Gasteiger partial charge on any atom is -0.495 e. The summed E-state index contributed by atoms with van der Waals surface area (Å²) < 4.78 is 34.8. The summed E-state index contributed by atoms with van der Waals surface area (Å²) in [7, 11) is -2.35. The number of anilines is 1. The topological polar surface area (TPSA) is 111 Å². The molecule has 0 spiro atoms. The van der Waals surface area contributed by atoms with Crippen LogP contribution in [-0.2, 0) is 21.4 Å². The van der Waals surface area contributed by atoms with Crippen LogP contribution in [-0.4, -0.2) is 48.4 Å². The molecule has 0 aliphatic carbocycles. The second-order valence-corrected chi connectivity index (χ2v) is 11.8. The molecule has 1 aliphatic heterocycles. The highest BCUT2D eigenvalue weighted by atomic mass is 32.2. The molecule has 1 aliphatic rings. The zero-order chi connectivity index (χ0) is 24.6. The van der Waals surface area contributed by atoms with E-state index >= 15 is 0 Å². The molecule has 34 heavy (non-hydrogen) atoms. The van der Waals surface area contributed by atoms with Crippen LogP contribution in [0.2, 0.25) is 0 Å². The van der Waals surface area contributed by atoms with E-state index in [1.54, 1.807) is 19.1 Å². The van der Waals surface area contributed by atoms with Gasteiger partial charge >= 0.3 is 0 Å². The van der Waals surface area contributed by atoms with Crippen molar-refractivity contribution in [3.05, 3.63) is 45.3 Å². The Bertz CT molecular complexity index is 1400. The number of carbonyl (C=O) groups excluding carboxylic acids is 1.